The Balaban J connectivity index is 1.17. The Morgan fingerprint density at radius 3 is 2.69 bits per heavy atom. The number of hydrogen-bond donors (Lipinski definition) is 0. The lowest BCUT2D eigenvalue weighted by Gasteiger charge is -2.36. The lowest BCUT2D eigenvalue weighted by molar-refractivity contribution is -0.143. The fraction of sp³-hybridized carbons (Fsp3) is 0.364. The lowest BCUT2D eigenvalue weighted by atomic mass is 10.2. The van der Waals surface area contributed by atoms with E-state index < -0.39 is 6.10 Å². The number of piperazine rings is 1. The predicted octanol–water partition coefficient (Wildman–Crippen LogP) is 2.13. The average molecular weight is 392 g/mol. The van der Waals surface area contributed by atoms with Crippen molar-refractivity contribution in [3.05, 3.63) is 60.0 Å². The van der Waals surface area contributed by atoms with Crippen molar-refractivity contribution in [2.24, 2.45) is 0 Å². The van der Waals surface area contributed by atoms with Crippen LogP contribution >= 0.6 is 0 Å². The molecule has 1 unspecified atom stereocenters. The predicted molar refractivity (Wildman–Crippen MR) is 108 cm³/mol. The Bertz CT molecular complexity index is 1040. The van der Waals surface area contributed by atoms with Gasteiger partial charge in [0.25, 0.3) is 5.91 Å². The first-order chi connectivity index (χ1) is 14.2. The first kappa shape index (κ1) is 18.0. The number of carbonyl (C=O) groups is 1. The van der Waals surface area contributed by atoms with E-state index in [1.807, 2.05) is 35.2 Å². The van der Waals surface area contributed by atoms with Crippen LogP contribution in [-0.2, 0) is 11.3 Å². The maximum atomic E-state index is 12.9. The smallest absolute Gasteiger partial charge is 0.267 e. The number of aromatic nitrogens is 2. The molecular weight excluding hydrogens is 368 g/mol. The fourth-order valence-corrected chi connectivity index (χ4v) is 3.93. The van der Waals surface area contributed by atoms with Crippen molar-refractivity contribution in [3.63, 3.8) is 0 Å². The van der Waals surface area contributed by atoms with Crippen LogP contribution in [0.5, 0.6) is 11.5 Å². The molecule has 4 heterocycles. The largest absolute Gasteiger partial charge is 0.485 e. The van der Waals surface area contributed by atoms with Gasteiger partial charge in [-0.25, -0.2) is 4.98 Å². The Hall–Kier alpha value is -3.06. The number of aryl methyl sites for hydroxylation is 1. The highest BCUT2D eigenvalue weighted by Gasteiger charge is 2.32. The van der Waals surface area contributed by atoms with Crippen molar-refractivity contribution in [1.29, 1.82) is 0 Å². The van der Waals surface area contributed by atoms with Crippen molar-refractivity contribution in [3.8, 4) is 11.5 Å². The molecule has 1 aromatic carbocycles. The molecule has 0 spiro atoms. The number of carbonyl (C=O) groups excluding carboxylic acids is 1. The van der Waals surface area contributed by atoms with E-state index in [1.54, 1.807) is 0 Å². The Labute approximate surface area is 169 Å². The minimum absolute atomic E-state index is 0.00218. The van der Waals surface area contributed by atoms with Crippen LogP contribution in [0.4, 0.5) is 0 Å². The number of fused-ring (bicyclic) bond motifs is 2. The molecule has 2 aliphatic heterocycles. The first-order valence-electron chi connectivity index (χ1n) is 9.99. The molecule has 2 aliphatic rings. The van der Waals surface area contributed by atoms with E-state index in [1.165, 1.54) is 5.56 Å². The number of ether oxygens (including phenoxy) is 2. The molecule has 2 aromatic heterocycles. The second-order valence-corrected chi connectivity index (χ2v) is 7.67. The van der Waals surface area contributed by atoms with E-state index in [0.717, 1.165) is 31.0 Å². The van der Waals surface area contributed by atoms with Gasteiger partial charge in [-0.3, -0.25) is 9.69 Å². The summed E-state index contributed by atoms with van der Waals surface area (Å²) in [5.74, 6) is 1.34. The maximum absolute atomic E-state index is 12.9. The topological polar surface area (TPSA) is 59.3 Å². The van der Waals surface area contributed by atoms with Crippen LogP contribution in [-0.4, -0.2) is 64.0 Å². The third-order valence-electron chi connectivity index (χ3n) is 5.50. The highest BCUT2D eigenvalue weighted by molar-refractivity contribution is 5.82. The van der Waals surface area contributed by atoms with Crippen molar-refractivity contribution < 1.29 is 14.3 Å². The molecule has 5 rings (SSSR count). The number of imidazole rings is 1. The zero-order chi connectivity index (χ0) is 19.8. The number of benzene rings is 1. The summed E-state index contributed by atoms with van der Waals surface area (Å²) in [4.78, 5) is 21.8. The summed E-state index contributed by atoms with van der Waals surface area (Å²) < 4.78 is 13.6. The second kappa shape index (κ2) is 7.40. The van der Waals surface area contributed by atoms with Gasteiger partial charge in [-0.2, -0.15) is 0 Å². The van der Waals surface area contributed by atoms with Crippen LogP contribution in [0.3, 0.4) is 0 Å². The molecular formula is C22H24N4O3. The van der Waals surface area contributed by atoms with E-state index in [9.17, 15) is 4.79 Å². The Morgan fingerprint density at radius 2 is 1.86 bits per heavy atom. The van der Waals surface area contributed by atoms with Gasteiger partial charge in [-0.05, 0) is 30.7 Å². The standard InChI is InChI=1S/C22H24N4O3/c1-16-6-7-21-23-17(14-26(21)12-16)13-24-8-10-25(11-9-24)22(27)20-15-28-18-4-2-3-5-19(18)29-20/h2-7,12,14,20H,8-11,13,15H2,1H3. The molecule has 1 fully saturated rings. The summed E-state index contributed by atoms with van der Waals surface area (Å²) in [6.45, 7) is 6.15. The summed E-state index contributed by atoms with van der Waals surface area (Å²) in [5, 5.41) is 0. The van der Waals surface area contributed by atoms with Gasteiger partial charge in [-0.1, -0.05) is 18.2 Å². The van der Waals surface area contributed by atoms with E-state index in [4.69, 9.17) is 14.5 Å². The monoisotopic (exact) mass is 392 g/mol. The molecule has 1 saturated heterocycles. The molecule has 1 amide bonds. The third-order valence-corrected chi connectivity index (χ3v) is 5.50. The van der Waals surface area contributed by atoms with Crippen LogP contribution < -0.4 is 9.47 Å². The van der Waals surface area contributed by atoms with E-state index in [0.29, 0.717) is 24.6 Å². The number of pyridine rings is 1. The first-order valence-corrected chi connectivity index (χ1v) is 9.99. The number of amides is 1. The van der Waals surface area contributed by atoms with Crippen LogP contribution in [0.15, 0.2) is 48.8 Å². The van der Waals surface area contributed by atoms with E-state index >= 15 is 0 Å². The molecule has 0 bridgehead atoms. The molecule has 0 N–H and O–H groups in total. The molecule has 3 aromatic rings. The molecule has 150 valence electrons. The number of hydrogen-bond acceptors (Lipinski definition) is 5. The average Bonchev–Trinajstić information content (AvgIpc) is 3.14. The highest BCUT2D eigenvalue weighted by atomic mass is 16.6. The number of rotatable bonds is 3. The maximum Gasteiger partial charge on any atom is 0.267 e. The summed E-state index contributed by atoms with van der Waals surface area (Å²) in [6.07, 6.45) is 3.61. The van der Waals surface area contributed by atoms with Crippen LogP contribution in [0.25, 0.3) is 5.65 Å². The zero-order valence-corrected chi connectivity index (χ0v) is 16.5. The lowest BCUT2D eigenvalue weighted by Crippen LogP contribution is -2.53. The zero-order valence-electron chi connectivity index (χ0n) is 16.5. The molecule has 0 saturated carbocycles. The van der Waals surface area contributed by atoms with Crippen molar-refractivity contribution in [2.45, 2.75) is 19.6 Å². The Kier molecular flexibility index (Phi) is 4.60. The summed E-state index contributed by atoms with van der Waals surface area (Å²) in [6, 6.07) is 11.6. The van der Waals surface area contributed by atoms with Crippen molar-refractivity contribution >= 4 is 11.6 Å². The third kappa shape index (κ3) is 3.65. The number of para-hydroxylation sites is 2. The molecule has 29 heavy (non-hydrogen) atoms. The summed E-state index contributed by atoms with van der Waals surface area (Å²) in [5.41, 5.74) is 3.23. The molecule has 7 heteroatoms. The Morgan fingerprint density at radius 1 is 1.07 bits per heavy atom. The SMILES string of the molecule is Cc1ccc2nc(CN3CCN(C(=O)C4COc5ccccc5O4)CC3)cn2c1. The minimum atomic E-state index is -0.571. The highest BCUT2D eigenvalue weighted by Crippen LogP contribution is 2.31. The quantitative estimate of drug-likeness (QED) is 0.683. The van der Waals surface area contributed by atoms with Crippen LogP contribution in [0.2, 0.25) is 0 Å². The molecule has 0 aliphatic carbocycles. The number of nitrogens with zero attached hydrogens (tertiary/aromatic N) is 4. The van der Waals surface area contributed by atoms with Gasteiger partial charge < -0.3 is 18.8 Å². The van der Waals surface area contributed by atoms with Gasteiger partial charge in [0.1, 0.15) is 12.3 Å². The van der Waals surface area contributed by atoms with Gasteiger partial charge in [-0.15, -0.1) is 0 Å². The van der Waals surface area contributed by atoms with Crippen molar-refractivity contribution in [2.75, 3.05) is 32.8 Å². The molecule has 1 atom stereocenters. The molecule has 0 radical (unpaired) electrons. The summed E-state index contributed by atoms with van der Waals surface area (Å²) in [7, 11) is 0. The van der Waals surface area contributed by atoms with Gasteiger partial charge in [0, 0.05) is 45.1 Å². The van der Waals surface area contributed by atoms with Gasteiger partial charge in [0.2, 0.25) is 6.10 Å². The van der Waals surface area contributed by atoms with Crippen LogP contribution in [0, 0.1) is 6.92 Å². The van der Waals surface area contributed by atoms with Gasteiger partial charge in [0.15, 0.2) is 11.5 Å². The molecule has 7 nitrogen and oxygen atoms in total. The van der Waals surface area contributed by atoms with Gasteiger partial charge >= 0.3 is 0 Å². The van der Waals surface area contributed by atoms with E-state index in [-0.39, 0.29) is 12.5 Å². The van der Waals surface area contributed by atoms with Gasteiger partial charge in [0.05, 0.1) is 5.69 Å². The normalized spacial score (nSPS) is 19.5. The summed E-state index contributed by atoms with van der Waals surface area (Å²) >= 11 is 0. The fourth-order valence-electron chi connectivity index (χ4n) is 3.93. The van der Waals surface area contributed by atoms with Crippen molar-refractivity contribution in [1.82, 2.24) is 19.2 Å². The minimum Gasteiger partial charge on any atom is -0.485 e. The van der Waals surface area contributed by atoms with Crippen LogP contribution in [0.1, 0.15) is 11.3 Å². The van der Waals surface area contributed by atoms with E-state index in [2.05, 4.69) is 34.7 Å². The second-order valence-electron chi connectivity index (χ2n) is 7.67.